The molecule has 0 unspecified atom stereocenters. The molecule has 2 rings (SSSR count). The van der Waals surface area contributed by atoms with Gasteiger partial charge in [0.1, 0.15) is 5.75 Å². The zero-order valence-corrected chi connectivity index (χ0v) is 10.1. The van der Waals surface area contributed by atoms with E-state index in [1.165, 1.54) is 17.4 Å². The Morgan fingerprint density at radius 2 is 2.06 bits per heavy atom. The van der Waals surface area contributed by atoms with E-state index in [0.29, 0.717) is 4.88 Å². The quantitative estimate of drug-likeness (QED) is 0.668. The van der Waals surface area contributed by atoms with Crippen LogP contribution < -0.4 is 0 Å². The maximum absolute atomic E-state index is 11.8. The molecule has 0 saturated heterocycles. The summed E-state index contributed by atoms with van der Waals surface area (Å²) >= 11 is 1.34. The Balaban J connectivity index is 2.14. The number of carbonyl (C=O) groups excluding carboxylic acids is 1. The standard InChI is InChI=1S/C13H11NO2S/c1-9-13(17-8-14-9)12(16)7-4-10-2-5-11(15)6-3-10/h2-8,15H,1H3. The van der Waals surface area contributed by atoms with Crippen LogP contribution >= 0.6 is 11.3 Å². The molecule has 17 heavy (non-hydrogen) atoms. The van der Waals surface area contributed by atoms with Crippen LogP contribution in [0.15, 0.2) is 35.9 Å². The molecule has 1 heterocycles. The first-order valence-corrected chi connectivity index (χ1v) is 5.96. The van der Waals surface area contributed by atoms with Gasteiger partial charge in [-0.1, -0.05) is 18.2 Å². The van der Waals surface area contributed by atoms with Gasteiger partial charge in [0.2, 0.25) is 0 Å². The Bertz CT molecular complexity index is 555. The molecule has 1 aromatic heterocycles. The summed E-state index contributed by atoms with van der Waals surface area (Å²) in [7, 11) is 0. The van der Waals surface area contributed by atoms with E-state index in [1.54, 1.807) is 35.9 Å². The van der Waals surface area contributed by atoms with Crippen LogP contribution in [0.4, 0.5) is 0 Å². The molecule has 0 saturated carbocycles. The highest BCUT2D eigenvalue weighted by atomic mass is 32.1. The monoisotopic (exact) mass is 245 g/mol. The molecule has 4 heteroatoms. The number of ketones is 1. The molecule has 0 atom stereocenters. The molecule has 0 bridgehead atoms. The van der Waals surface area contributed by atoms with Crippen LogP contribution in [0.25, 0.3) is 6.08 Å². The van der Waals surface area contributed by atoms with Crippen molar-refractivity contribution in [1.29, 1.82) is 0 Å². The summed E-state index contributed by atoms with van der Waals surface area (Å²) in [5, 5.41) is 9.12. The van der Waals surface area contributed by atoms with Crippen molar-refractivity contribution in [2.75, 3.05) is 0 Å². The minimum atomic E-state index is -0.0434. The first kappa shape index (κ1) is 11.5. The van der Waals surface area contributed by atoms with Crippen molar-refractivity contribution in [3.63, 3.8) is 0 Å². The van der Waals surface area contributed by atoms with Gasteiger partial charge in [0.25, 0.3) is 0 Å². The maximum atomic E-state index is 11.8. The molecule has 86 valence electrons. The molecule has 0 fully saturated rings. The van der Waals surface area contributed by atoms with Gasteiger partial charge in [-0.2, -0.15) is 0 Å². The van der Waals surface area contributed by atoms with Gasteiger partial charge < -0.3 is 5.11 Å². The Morgan fingerprint density at radius 3 is 2.65 bits per heavy atom. The lowest BCUT2D eigenvalue weighted by Gasteiger charge is -1.94. The highest BCUT2D eigenvalue weighted by molar-refractivity contribution is 7.12. The normalized spacial score (nSPS) is 10.9. The Kier molecular flexibility index (Phi) is 3.35. The number of carbonyl (C=O) groups is 1. The topological polar surface area (TPSA) is 50.2 Å². The minimum absolute atomic E-state index is 0.0434. The summed E-state index contributed by atoms with van der Waals surface area (Å²) in [4.78, 5) is 16.5. The number of phenolic OH excluding ortho intramolecular Hbond substituents is 1. The number of aromatic nitrogens is 1. The maximum Gasteiger partial charge on any atom is 0.197 e. The van der Waals surface area contributed by atoms with Gasteiger partial charge in [-0.3, -0.25) is 4.79 Å². The van der Waals surface area contributed by atoms with Crippen molar-refractivity contribution in [3.8, 4) is 5.75 Å². The summed E-state index contributed by atoms with van der Waals surface area (Å²) in [5.41, 5.74) is 3.30. The third-order valence-corrected chi connectivity index (χ3v) is 3.23. The van der Waals surface area contributed by atoms with Crippen LogP contribution in [0.1, 0.15) is 20.9 Å². The van der Waals surface area contributed by atoms with E-state index in [0.717, 1.165) is 11.3 Å². The van der Waals surface area contributed by atoms with Crippen molar-refractivity contribution in [3.05, 3.63) is 52.0 Å². The molecular formula is C13H11NO2S. The van der Waals surface area contributed by atoms with E-state index >= 15 is 0 Å². The summed E-state index contributed by atoms with van der Waals surface area (Å²) in [6.45, 7) is 1.82. The predicted molar refractivity (Wildman–Crippen MR) is 68.3 cm³/mol. The second-order valence-corrected chi connectivity index (χ2v) is 4.41. The third-order valence-electron chi connectivity index (χ3n) is 2.29. The van der Waals surface area contributed by atoms with Gasteiger partial charge in [0.15, 0.2) is 5.78 Å². The number of thiazole rings is 1. The molecule has 0 aliphatic rings. The fraction of sp³-hybridized carbons (Fsp3) is 0.0769. The van der Waals surface area contributed by atoms with Gasteiger partial charge in [-0.25, -0.2) is 4.98 Å². The zero-order chi connectivity index (χ0) is 12.3. The highest BCUT2D eigenvalue weighted by Gasteiger charge is 2.07. The first-order chi connectivity index (χ1) is 8.16. The van der Waals surface area contributed by atoms with E-state index in [1.807, 2.05) is 6.92 Å². The average molecular weight is 245 g/mol. The van der Waals surface area contributed by atoms with Crippen molar-refractivity contribution in [2.45, 2.75) is 6.92 Å². The van der Waals surface area contributed by atoms with Gasteiger partial charge in [0, 0.05) is 0 Å². The number of nitrogens with zero attached hydrogens (tertiary/aromatic N) is 1. The summed E-state index contributed by atoms with van der Waals surface area (Å²) in [5.74, 6) is 0.171. The number of aromatic hydroxyl groups is 1. The van der Waals surface area contributed by atoms with Gasteiger partial charge in [-0.05, 0) is 30.7 Å². The second kappa shape index (κ2) is 4.93. The summed E-state index contributed by atoms with van der Waals surface area (Å²) < 4.78 is 0. The largest absolute Gasteiger partial charge is 0.508 e. The number of benzene rings is 1. The Hall–Kier alpha value is -1.94. The molecule has 2 aromatic rings. The Morgan fingerprint density at radius 1 is 1.35 bits per heavy atom. The number of hydrogen-bond donors (Lipinski definition) is 1. The van der Waals surface area contributed by atoms with E-state index < -0.39 is 0 Å². The molecule has 0 amide bonds. The van der Waals surface area contributed by atoms with Crippen LogP contribution in [-0.2, 0) is 0 Å². The number of rotatable bonds is 3. The van der Waals surface area contributed by atoms with Crippen molar-refractivity contribution >= 4 is 23.2 Å². The molecule has 0 aliphatic heterocycles. The number of hydrogen-bond acceptors (Lipinski definition) is 4. The van der Waals surface area contributed by atoms with Crippen molar-refractivity contribution < 1.29 is 9.90 Å². The smallest absolute Gasteiger partial charge is 0.197 e. The fourth-order valence-corrected chi connectivity index (χ4v) is 2.10. The summed E-state index contributed by atoms with van der Waals surface area (Å²) in [6, 6.07) is 6.67. The van der Waals surface area contributed by atoms with Crippen LogP contribution in [0.5, 0.6) is 5.75 Å². The van der Waals surface area contributed by atoms with Crippen LogP contribution in [-0.4, -0.2) is 15.9 Å². The predicted octanol–water partition coefficient (Wildman–Crippen LogP) is 3.05. The zero-order valence-electron chi connectivity index (χ0n) is 9.25. The molecule has 3 nitrogen and oxygen atoms in total. The number of allylic oxidation sites excluding steroid dienone is 1. The van der Waals surface area contributed by atoms with Gasteiger partial charge in [0.05, 0.1) is 16.1 Å². The van der Waals surface area contributed by atoms with E-state index in [9.17, 15) is 4.79 Å². The van der Waals surface area contributed by atoms with E-state index in [4.69, 9.17) is 5.11 Å². The molecular weight excluding hydrogens is 234 g/mol. The Labute approximate surface area is 103 Å². The lowest BCUT2D eigenvalue weighted by molar-refractivity contribution is 0.105. The lowest BCUT2D eigenvalue weighted by atomic mass is 10.1. The van der Waals surface area contributed by atoms with Crippen LogP contribution in [0.3, 0.4) is 0 Å². The highest BCUT2D eigenvalue weighted by Crippen LogP contribution is 2.15. The minimum Gasteiger partial charge on any atom is -0.508 e. The van der Waals surface area contributed by atoms with Gasteiger partial charge in [-0.15, -0.1) is 11.3 Å². The molecule has 0 radical (unpaired) electrons. The van der Waals surface area contributed by atoms with Crippen LogP contribution in [0, 0.1) is 6.92 Å². The third kappa shape index (κ3) is 2.79. The lowest BCUT2D eigenvalue weighted by Crippen LogP contribution is -1.92. The SMILES string of the molecule is Cc1ncsc1C(=O)C=Cc1ccc(O)cc1. The second-order valence-electron chi connectivity index (χ2n) is 3.56. The summed E-state index contributed by atoms with van der Waals surface area (Å²) in [6.07, 6.45) is 3.24. The fourth-order valence-electron chi connectivity index (χ4n) is 1.37. The van der Waals surface area contributed by atoms with Crippen molar-refractivity contribution in [2.24, 2.45) is 0 Å². The molecule has 1 N–H and O–H groups in total. The number of aryl methyl sites for hydroxylation is 1. The molecule has 0 aliphatic carbocycles. The molecule has 1 aromatic carbocycles. The van der Waals surface area contributed by atoms with Crippen LogP contribution in [0.2, 0.25) is 0 Å². The van der Waals surface area contributed by atoms with Gasteiger partial charge >= 0.3 is 0 Å². The molecule has 0 spiro atoms. The van der Waals surface area contributed by atoms with E-state index in [-0.39, 0.29) is 11.5 Å². The average Bonchev–Trinajstić information content (AvgIpc) is 2.74. The number of phenols is 1. The van der Waals surface area contributed by atoms with E-state index in [2.05, 4.69) is 4.98 Å². The van der Waals surface area contributed by atoms with Crippen molar-refractivity contribution in [1.82, 2.24) is 4.98 Å². The first-order valence-electron chi connectivity index (χ1n) is 5.08.